The molecular formula is C26H30N6O3. The van der Waals surface area contributed by atoms with E-state index >= 15 is 0 Å². The fraction of sp³-hybridized carbons (Fsp3) is 0.346. The van der Waals surface area contributed by atoms with Crippen LogP contribution < -0.4 is 20.7 Å². The van der Waals surface area contributed by atoms with Crippen molar-refractivity contribution >= 4 is 29.4 Å². The quantitative estimate of drug-likeness (QED) is 0.397. The highest BCUT2D eigenvalue weighted by Crippen LogP contribution is 2.30. The van der Waals surface area contributed by atoms with Crippen LogP contribution in [-0.2, 0) is 9.53 Å². The Balaban J connectivity index is 1.24. The third-order valence-electron chi connectivity index (χ3n) is 6.38. The molecule has 3 N–H and O–H groups in total. The lowest BCUT2D eigenvalue weighted by molar-refractivity contribution is -0.119. The van der Waals surface area contributed by atoms with Gasteiger partial charge in [-0.3, -0.25) is 4.79 Å². The van der Waals surface area contributed by atoms with Crippen molar-refractivity contribution in [3.05, 3.63) is 54.7 Å². The fourth-order valence-corrected chi connectivity index (χ4v) is 4.38. The maximum absolute atomic E-state index is 10.9. The highest BCUT2D eigenvalue weighted by Gasteiger charge is 2.20. The minimum atomic E-state index is 0.0591. The molecule has 2 aromatic carbocycles. The maximum Gasteiger partial charge on any atom is 0.227 e. The van der Waals surface area contributed by atoms with Crippen LogP contribution in [0.3, 0.4) is 0 Å². The first-order chi connectivity index (χ1) is 17.2. The van der Waals surface area contributed by atoms with E-state index in [0.717, 1.165) is 62.5 Å². The molecule has 0 spiro atoms. The van der Waals surface area contributed by atoms with Crippen molar-refractivity contribution in [3.63, 3.8) is 0 Å². The number of nitrogen functional groups attached to an aromatic ring is 1. The molecule has 5 rings (SSSR count). The summed E-state index contributed by atoms with van der Waals surface area (Å²) in [5.41, 5.74) is 10.6. The average Bonchev–Trinajstić information content (AvgIpc) is 2.91. The number of amides is 1. The predicted molar refractivity (Wildman–Crippen MR) is 136 cm³/mol. The second-order valence-electron chi connectivity index (χ2n) is 8.75. The second kappa shape index (κ2) is 10.6. The Morgan fingerprint density at radius 2 is 1.80 bits per heavy atom. The van der Waals surface area contributed by atoms with Gasteiger partial charge in [0.15, 0.2) is 0 Å². The lowest BCUT2D eigenvalue weighted by Gasteiger charge is -2.29. The molecule has 1 aromatic heterocycles. The highest BCUT2D eigenvalue weighted by molar-refractivity contribution is 5.69. The molecule has 2 fully saturated rings. The third-order valence-corrected chi connectivity index (χ3v) is 6.38. The third kappa shape index (κ3) is 5.63. The summed E-state index contributed by atoms with van der Waals surface area (Å²) >= 11 is 0. The van der Waals surface area contributed by atoms with Crippen LogP contribution in [0.15, 0.2) is 54.7 Å². The van der Waals surface area contributed by atoms with Crippen LogP contribution in [0.1, 0.15) is 12.8 Å². The number of benzene rings is 2. The molecular weight excluding hydrogens is 444 g/mol. The van der Waals surface area contributed by atoms with E-state index < -0.39 is 0 Å². The lowest BCUT2D eigenvalue weighted by atomic mass is 10.1. The van der Waals surface area contributed by atoms with Gasteiger partial charge in [-0.2, -0.15) is 0 Å². The molecule has 3 heterocycles. The van der Waals surface area contributed by atoms with E-state index in [0.29, 0.717) is 30.5 Å². The van der Waals surface area contributed by atoms with Crippen LogP contribution in [0, 0.1) is 0 Å². The summed E-state index contributed by atoms with van der Waals surface area (Å²) in [6.45, 7) is 4.75. The van der Waals surface area contributed by atoms with E-state index in [9.17, 15) is 4.79 Å². The molecule has 2 saturated heterocycles. The van der Waals surface area contributed by atoms with Crippen molar-refractivity contribution in [2.24, 2.45) is 0 Å². The first-order valence-electron chi connectivity index (χ1n) is 12.0. The highest BCUT2D eigenvalue weighted by atomic mass is 16.5. The number of aromatic nitrogens is 2. The number of piperidine rings is 1. The number of nitrogens with one attached hydrogen (secondary N) is 1. The zero-order valence-corrected chi connectivity index (χ0v) is 19.6. The minimum Gasteiger partial charge on any atom is -0.488 e. The molecule has 0 unspecified atom stereocenters. The van der Waals surface area contributed by atoms with Crippen LogP contribution >= 0.6 is 0 Å². The van der Waals surface area contributed by atoms with E-state index in [1.54, 1.807) is 11.1 Å². The Kier molecular flexibility index (Phi) is 6.94. The summed E-state index contributed by atoms with van der Waals surface area (Å²) in [6.07, 6.45) is 4.28. The second-order valence-corrected chi connectivity index (χ2v) is 8.75. The number of morpholine rings is 1. The van der Waals surface area contributed by atoms with Gasteiger partial charge in [-0.1, -0.05) is 0 Å². The van der Waals surface area contributed by atoms with E-state index in [2.05, 4.69) is 32.3 Å². The van der Waals surface area contributed by atoms with Crippen LogP contribution in [0.5, 0.6) is 5.75 Å². The number of carbonyl (C=O) groups excluding carboxylic acids is 1. The molecule has 9 heteroatoms. The van der Waals surface area contributed by atoms with Gasteiger partial charge in [0, 0.05) is 62.2 Å². The molecule has 0 aliphatic carbocycles. The molecule has 0 saturated carbocycles. The molecule has 1 amide bonds. The smallest absolute Gasteiger partial charge is 0.227 e. The number of nitrogens with zero attached hydrogens (tertiary/aromatic N) is 4. The summed E-state index contributed by atoms with van der Waals surface area (Å²) in [5.74, 6) is 1.17. The largest absolute Gasteiger partial charge is 0.488 e. The lowest BCUT2D eigenvalue weighted by Crippen LogP contribution is -2.37. The van der Waals surface area contributed by atoms with Gasteiger partial charge >= 0.3 is 0 Å². The molecule has 0 bridgehead atoms. The van der Waals surface area contributed by atoms with Gasteiger partial charge < -0.3 is 30.3 Å². The van der Waals surface area contributed by atoms with Crippen LogP contribution in [0.2, 0.25) is 0 Å². The first-order valence-corrected chi connectivity index (χ1v) is 12.0. The Bertz CT molecular complexity index is 1140. The van der Waals surface area contributed by atoms with Crippen molar-refractivity contribution in [2.75, 3.05) is 55.3 Å². The Morgan fingerprint density at radius 1 is 1.03 bits per heavy atom. The molecule has 182 valence electrons. The van der Waals surface area contributed by atoms with Crippen molar-refractivity contribution in [1.82, 2.24) is 14.9 Å². The van der Waals surface area contributed by atoms with Crippen molar-refractivity contribution < 1.29 is 14.3 Å². The van der Waals surface area contributed by atoms with Crippen LogP contribution in [-0.4, -0.2) is 66.8 Å². The fourth-order valence-electron chi connectivity index (χ4n) is 4.38. The molecule has 0 atom stereocenters. The summed E-state index contributed by atoms with van der Waals surface area (Å²) in [7, 11) is 0. The van der Waals surface area contributed by atoms with Gasteiger partial charge in [0.2, 0.25) is 12.4 Å². The number of ether oxygens (including phenoxy) is 2. The van der Waals surface area contributed by atoms with Crippen LogP contribution in [0.25, 0.3) is 11.3 Å². The number of rotatable bonds is 7. The van der Waals surface area contributed by atoms with Gasteiger partial charge in [-0.15, -0.1) is 0 Å². The number of hydrogen-bond acceptors (Lipinski definition) is 8. The number of hydrogen-bond donors (Lipinski definition) is 2. The maximum atomic E-state index is 10.9. The first kappa shape index (κ1) is 22.9. The van der Waals surface area contributed by atoms with Gasteiger partial charge in [0.1, 0.15) is 11.9 Å². The zero-order chi connectivity index (χ0) is 24.0. The van der Waals surface area contributed by atoms with Gasteiger partial charge in [-0.05, 0) is 48.5 Å². The van der Waals surface area contributed by atoms with Crippen molar-refractivity contribution in [1.29, 1.82) is 0 Å². The summed E-state index contributed by atoms with van der Waals surface area (Å²) in [6, 6.07) is 15.8. The summed E-state index contributed by atoms with van der Waals surface area (Å²) < 4.78 is 11.5. The number of carbonyl (C=O) groups is 1. The average molecular weight is 475 g/mol. The zero-order valence-electron chi connectivity index (χ0n) is 19.6. The Hall–Kier alpha value is -3.85. The topological polar surface area (TPSA) is 106 Å². The van der Waals surface area contributed by atoms with E-state index in [1.165, 1.54) is 5.69 Å². The molecule has 2 aliphatic rings. The molecule has 0 radical (unpaired) electrons. The molecule has 3 aromatic rings. The van der Waals surface area contributed by atoms with E-state index in [1.807, 2.05) is 36.4 Å². The SMILES string of the molecule is Nc1cc(-c2ccnc(Nc3ccc(N4CCOCC4)cc3)n2)ccc1OC1CCN(C=O)CC1. The van der Waals surface area contributed by atoms with Crippen molar-refractivity contribution in [2.45, 2.75) is 18.9 Å². The van der Waals surface area contributed by atoms with Gasteiger partial charge in [-0.25, -0.2) is 9.97 Å². The number of likely N-dealkylation sites (tertiary alicyclic amines) is 1. The summed E-state index contributed by atoms with van der Waals surface area (Å²) in [5, 5.41) is 3.28. The van der Waals surface area contributed by atoms with Gasteiger partial charge in [0.25, 0.3) is 0 Å². The van der Waals surface area contributed by atoms with Gasteiger partial charge in [0.05, 0.1) is 24.6 Å². The number of nitrogens with two attached hydrogens (primary N) is 1. The molecule has 2 aliphatic heterocycles. The van der Waals surface area contributed by atoms with E-state index in [-0.39, 0.29) is 6.10 Å². The minimum absolute atomic E-state index is 0.0591. The standard InChI is InChI=1S/C26H30N6O3/c27-23-17-19(1-6-25(23)35-22-8-11-31(18-33)12-9-22)24-7-10-28-26(30-24)29-20-2-4-21(5-3-20)32-13-15-34-16-14-32/h1-7,10,17-18,22H,8-9,11-16,27H2,(H,28,29,30). The predicted octanol–water partition coefficient (Wildman–Crippen LogP) is 3.31. The molecule has 35 heavy (non-hydrogen) atoms. The summed E-state index contributed by atoms with van der Waals surface area (Å²) in [4.78, 5) is 24.0. The number of anilines is 4. The Morgan fingerprint density at radius 3 is 2.51 bits per heavy atom. The Labute approximate surface area is 204 Å². The van der Waals surface area contributed by atoms with Crippen molar-refractivity contribution in [3.8, 4) is 17.0 Å². The normalized spacial score (nSPS) is 16.7. The van der Waals surface area contributed by atoms with E-state index in [4.69, 9.17) is 15.2 Å². The monoisotopic (exact) mass is 474 g/mol. The molecule has 9 nitrogen and oxygen atoms in total. The van der Waals surface area contributed by atoms with Crippen LogP contribution in [0.4, 0.5) is 23.0 Å².